The zero-order valence-electron chi connectivity index (χ0n) is 12.8. The molecule has 1 N–H and O–H groups in total. The van der Waals surface area contributed by atoms with Crippen LogP contribution in [0, 0.1) is 6.92 Å². The van der Waals surface area contributed by atoms with E-state index in [1.807, 2.05) is 45.0 Å². The highest BCUT2D eigenvalue weighted by molar-refractivity contribution is 5.85. The number of aryl methyl sites for hydroxylation is 1. The van der Waals surface area contributed by atoms with Crippen LogP contribution in [-0.4, -0.2) is 23.1 Å². The molecule has 0 saturated heterocycles. The Hall–Kier alpha value is -2.36. The predicted molar refractivity (Wildman–Crippen MR) is 88.2 cm³/mol. The Bertz CT molecular complexity index is 677. The number of nitrogens with zero attached hydrogens (tertiary/aromatic N) is 2. The Labute approximate surface area is 125 Å². The van der Waals surface area contributed by atoms with Gasteiger partial charge in [-0.2, -0.15) is 0 Å². The highest BCUT2D eigenvalue weighted by Gasteiger charge is 2.07. The van der Waals surface area contributed by atoms with Crippen LogP contribution < -0.4 is 5.32 Å². The average molecular weight is 283 g/mol. The molecule has 0 atom stereocenters. The van der Waals surface area contributed by atoms with E-state index in [-0.39, 0.29) is 0 Å². The summed E-state index contributed by atoms with van der Waals surface area (Å²) in [6.07, 6.45) is 3.61. The van der Waals surface area contributed by atoms with E-state index in [9.17, 15) is 0 Å². The summed E-state index contributed by atoms with van der Waals surface area (Å²) in [6.45, 7) is 11.1. The van der Waals surface area contributed by atoms with Gasteiger partial charge in [0.1, 0.15) is 5.82 Å². The molecule has 2 rings (SSSR count). The normalized spacial score (nSPS) is 11.0. The molecule has 21 heavy (non-hydrogen) atoms. The van der Waals surface area contributed by atoms with Gasteiger partial charge in [-0.25, -0.2) is 9.97 Å². The topological polar surface area (TPSA) is 47.0 Å². The first-order valence-corrected chi connectivity index (χ1v) is 7.05. The van der Waals surface area contributed by atoms with Crippen LogP contribution in [0.1, 0.15) is 25.1 Å². The number of hydrogen-bond acceptors (Lipinski definition) is 4. The number of para-hydroxylation sites is 1. The Morgan fingerprint density at radius 3 is 2.90 bits per heavy atom. The molecule has 0 saturated carbocycles. The molecule has 2 aromatic rings. The Kier molecular flexibility index (Phi) is 4.93. The van der Waals surface area contributed by atoms with Crippen molar-refractivity contribution in [2.75, 3.05) is 18.5 Å². The van der Waals surface area contributed by atoms with Gasteiger partial charge in [-0.15, -0.1) is 0 Å². The van der Waals surface area contributed by atoms with E-state index in [1.54, 1.807) is 6.26 Å². The third-order valence-electron chi connectivity index (χ3n) is 2.97. The van der Waals surface area contributed by atoms with Crippen LogP contribution in [0.5, 0.6) is 0 Å². The average Bonchev–Trinajstić information content (AvgIpc) is 2.45. The molecule has 0 bridgehead atoms. The van der Waals surface area contributed by atoms with Crippen LogP contribution in [0.25, 0.3) is 17.1 Å². The molecule has 0 unspecified atom stereocenters. The molecular weight excluding hydrogens is 262 g/mol. The molecule has 0 aliphatic heterocycles. The summed E-state index contributed by atoms with van der Waals surface area (Å²) in [6, 6.07) is 5.95. The van der Waals surface area contributed by atoms with Crippen LogP contribution >= 0.6 is 0 Å². The number of fused-ring (bicyclic) bond motifs is 1. The summed E-state index contributed by atoms with van der Waals surface area (Å²) in [5.74, 6) is 0.794. The molecule has 0 radical (unpaired) electrons. The van der Waals surface area contributed by atoms with Gasteiger partial charge in [-0.05, 0) is 32.9 Å². The summed E-state index contributed by atoms with van der Waals surface area (Å²) in [5, 5.41) is 3.27. The van der Waals surface area contributed by atoms with E-state index < -0.39 is 0 Å². The standard InChI is InChI=1S/C17H21N3O/c1-5-21-10-9-14-7-6-8-15-16(14)20-17(13(4)19-15)18-11-12(2)3/h6-10H,2,5,11H2,1,3-4H3,(H,18,20). The van der Waals surface area contributed by atoms with Gasteiger partial charge in [0, 0.05) is 12.1 Å². The minimum Gasteiger partial charge on any atom is -0.501 e. The molecule has 4 nitrogen and oxygen atoms in total. The number of hydrogen-bond donors (Lipinski definition) is 1. The van der Waals surface area contributed by atoms with Crippen molar-refractivity contribution >= 4 is 22.9 Å². The molecule has 4 heteroatoms. The van der Waals surface area contributed by atoms with Gasteiger partial charge in [0.2, 0.25) is 0 Å². The van der Waals surface area contributed by atoms with E-state index in [2.05, 4.69) is 16.9 Å². The molecule has 0 aliphatic rings. The van der Waals surface area contributed by atoms with E-state index in [0.717, 1.165) is 33.7 Å². The lowest BCUT2D eigenvalue weighted by Crippen LogP contribution is -2.07. The van der Waals surface area contributed by atoms with E-state index in [1.165, 1.54) is 0 Å². The van der Waals surface area contributed by atoms with Gasteiger partial charge in [0.15, 0.2) is 0 Å². The summed E-state index contributed by atoms with van der Waals surface area (Å²) in [4.78, 5) is 9.32. The Morgan fingerprint density at radius 1 is 1.38 bits per heavy atom. The van der Waals surface area contributed by atoms with Crippen LogP contribution in [0.4, 0.5) is 5.82 Å². The largest absolute Gasteiger partial charge is 0.501 e. The quantitative estimate of drug-likeness (QED) is 0.644. The van der Waals surface area contributed by atoms with Crippen molar-refractivity contribution in [2.45, 2.75) is 20.8 Å². The predicted octanol–water partition coefficient (Wildman–Crippen LogP) is 3.93. The van der Waals surface area contributed by atoms with Crippen molar-refractivity contribution in [1.82, 2.24) is 9.97 Å². The summed E-state index contributed by atoms with van der Waals surface area (Å²) in [5.41, 5.74) is 4.68. The van der Waals surface area contributed by atoms with Crippen molar-refractivity contribution in [3.63, 3.8) is 0 Å². The minimum absolute atomic E-state index is 0.650. The third-order valence-corrected chi connectivity index (χ3v) is 2.97. The van der Waals surface area contributed by atoms with Gasteiger partial charge < -0.3 is 10.1 Å². The number of anilines is 1. The van der Waals surface area contributed by atoms with Gasteiger partial charge >= 0.3 is 0 Å². The molecule has 110 valence electrons. The van der Waals surface area contributed by atoms with Crippen LogP contribution in [-0.2, 0) is 4.74 Å². The van der Waals surface area contributed by atoms with Crippen LogP contribution in [0.15, 0.2) is 36.6 Å². The van der Waals surface area contributed by atoms with Gasteiger partial charge in [0.25, 0.3) is 0 Å². The maximum absolute atomic E-state index is 5.26. The molecule has 0 amide bonds. The lowest BCUT2D eigenvalue weighted by molar-refractivity contribution is 0.272. The molecule has 0 fully saturated rings. The Balaban J connectivity index is 2.42. The van der Waals surface area contributed by atoms with E-state index >= 15 is 0 Å². The number of benzene rings is 1. The second kappa shape index (κ2) is 6.88. The van der Waals surface area contributed by atoms with E-state index in [0.29, 0.717) is 13.2 Å². The zero-order chi connectivity index (χ0) is 15.2. The first-order chi connectivity index (χ1) is 10.1. The van der Waals surface area contributed by atoms with Crippen LogP contribution in [0.3, 0.4) is 0 Å². The maximum atomic E-state index is 5.26. The fourth-order valence-electron chi connectivity index (χ4n) is 1.94. The van der Waals surface area contributed by atoms with Crippen molar-refractivity contribution in [2.24, 2.45) is 0 Å². The van der Waals surface area contributed by atoms with Crippen molar-refractivity contribution < 1.29 is 4.74 Å². The van der Waals surface area contributed by atoms with Gasteiger partial charge in [0.05, 0.1) is 29.6 Å². The fraction of sp³-hybridized carbons (Fsp3) is 0.294. The van der Waals surface area contributed by atoms with Crippen molar-refractivity contribution in [3.8, 4) is 0 Å². The number of rotatable bonds is 6. The monoisotopic (exact) mass is 283 g/mol. The number of aromatic nitrogens is 2. The maximum Gasteiger partial charge on any atom is 0.148 e. The highest BCUT2D eigenvalue weighted by Crippen LogP contribution is 2.21. The first-order valence-electron chi connectivity index (χ1n) is 7.05. The van der Waals surface area contributed by atoms with Crippen LogP contribution in [0.2, 0.25) is 0 Å². The Morgan fingerprint density at radius 2 is 2.19 bits per heavy atom. The molecule has 1 aromatic carbocycles. The smallest absolute Gasteiger partial charge is 0.148 e. The first kappa shape index (κ1) is 15.0. The van der Waals surface area contributed by atoms with Crippen molar-refractivity contribution in [1.29, 1.82) is 0 Å². The third kappa shape index (κ3) is 3.81. The molecule has 1 aromatic heterocycles. The second-order valence-corrected chi connectivity index (χ2v) is 4.94. The fourth-order valence-corrected chi connectivity index (χ4v) is 1.94. The molecule has 1 heterocycles. The summed E-state index contributed by atoms with van der Waals surface area (Å²) in [7, 11) is 0. The van der Waals surface area contributed by atoms with Gasteiger partial charge in [-0.3, -0.25) is 0 Å². The molecule has 0 aliphatic carbocycles. The van der Waals surface area contributed by atoms with Gasteiger partial charge in [-0.1, -0.05) is 24.3 Å². The number of nitrogens with one attached hydrogen (secondary N) is 1. The zero-order valence-corrected chi connectivity index (χ0v) is 12.8. The molecule has 0 spiro atoms. The minimum atomic E-state index is 0.650. The van der Waals surface area contributed by atoms with Crippen molar-refractivity contribution in [3.05, 3.63) is 47.9 Å². The summed E-state index contributed by atoms with van der Waals surface area (Å²) < 4.78 is 5.26. The number of ether oxygens (including phenoxy) is 1. The second-order valence-electron chi connectivity index (χ2n) is 4.94. The molecular formula is C17H21N3O. The lowest BCUT2D eigenvalue weighted by atomic mass is 10.1. The highest BCUT2D eigenvalue weighted by atomic mass is 16.5. The SMILES string of the molecule is C=C(C)CNc1nc2c(C=COCC)cccc2nc1C. The summed E-state index contributed by atoms with van der Waals surface area (Å²) >= 11 is 0. The van der Waals surface area contributed by atoms with E-state index in [4.69, 9.17) is 9.72 Å². The lowest BCUT2D eigenvalue weighted by Gasteiger charge is -2.10.